The standard InChI is InChI=1S/C24H27N3/c1-18-9-11-20(12-10-18)22-24(26(2)15-16-27(24)3)23(13-14-23)21(17-25-22)19-7-5-4-6-8-19/h4-12,17H,13-16H2,1-3H3. The van der Waals surface area contributed by atoms with Gasteiger partial charge in [-0.1, -0.05) is 60.2 Å². The molecule has 3 heteroatoms. The zero-order valence-electron chi connectivity index (χ0n) is 16.4. The molecular formula is C24H27N3. The van der Waals surface area contributed by atoms with Crippen molar-refractivity contribution >= 4 is 11.3 Å². The van der Waals surface area contributed by atoms with Crippen LogP contribution in [0, 0.1) is 12.3 Å². The van der Waals surface area contributed by atoms with E-state index in [2.05, 4.69) is 91.6 Å². The largest absolute Gasteiger partial charge is 0.281 e. The normalized spacial score (nSPS) is 23.5. The summed E-state index contributed by atoms with van der Waals surface area (Å²) in [5, 5.41) is 0. The van der Waals surface area contributed by atoms with Crippen molar-refractivity contribution in [1.82, 2.24) is 9.80 Å². The molecule has 0 amide bonds. The van der Waals surface area contributed by atoms with Crippen molar-refractivity contribution in [1.29, 1.82) is 0 Å². The second kappa shape index (κ2) is 5.88. The van der Waals surface area contributed by atoms with Crippen molar-refractivity contribution in [3.63, 3.8) is 0 Å². The maximum atomic E-state index is 5.13. The molecule has 2 aromatic carbocycles. The zero-order chi connectivity index (χ0) is 18.6. The molecule has 27 heavy (non-hydrogen) atoms. The summed E-state index contributed by atoms with van der Waals surface area (Å²) < 4.78 is 0. The van der Waals surface area contributed by atoms with Gasteiger partial charge in [0.25, 0.3) is 0 Å². The first kappa shape index (κ1) is 16.9. The van der Waals surface area contributed by atoms with Gasteiger partial charge >= 0.3 is 0 Å². The number of rotatable bonds is 2. The fraction of sp³-hybridized carbons (Fsp3) is 0.375. The van der Waals surface area contributed by atoms with Crippen LogP contribution in [-0.2, 0) is 0 Å². The number of aryl methyl sites for hydroxylation is 1. The molecule has 3 aliphatic rings. The molecule has 138 valence electrons. The van der Waals surface area contributed by atoms with Gasteiger partial charge in [-0.15, -0.1) is 0 Å². The van der Waals surface area contributed by atoms with Gasteiger partial charge in [0.05, 0.1) is 5.71 Å². The second-order valence-electron chi connectivity index (χ2n) is 8.35. The summed E-state index contributed by atoms with van der Waals surface area (Å²) >= 11 is 0. The van der Waals surface area contributed by atoms with Crippen LogP contribution in [0.25, 0.3) is 5.57 Å². The van der Waals surface area contributed by atoms with Gasteiger partial charge in [0.15, 0.2) is 0 Å². The van der Waals surface area contributed by atoms with Crippen LogP contribution in [0.5, 0.6) is 0 Å². The molecule has 2 spiro atoms. The molecule has 0 aromatic heterocycles. The number of nitrogens with zero attached hydrogens (tertiary/aromatic N) is 3. The Balaban J connectivity index is 1.75. The lowest BCUT2D eigenvalue weighted by atomic mass is 9.72. The molecule has 0 bridgehead atoms. The van der Waals surface area contributed by atoms with Crippen LogP contribution in [0.3, 0.4) is 0 Å². The zero-order valence-corrected chi connectivity index (χ0v) is 16.4. The van der Waals surface area contributed by atoms with E-state index in [-0.39, 0.29) is 11.1 Å². The van der Waals surface area contributed by atoms with Crippen molar-refractivity contribution in [3.05, 3.63) is 77.5 Å². The molecule has 2 fully saturated rings. The molecule has 2 aliphatic heterocycles. The smallest absolute Gasteiger partial charge is 0.128 e. The Bertz CT molecular complexity index is 910. The van der Waals surface area contributed by atoms with Gasteiger partial charge in [0.1, 0.15) is 5.66 Å². The molecule has 0 radical (unpaired) electrons. The van der Waals surface area contributed by atoms with Crippen LogP contribution in [0.1, 0.15) is 29.5 Å². The third-order valence-electron chi connectivity index (χ3n) is 6.87. The molecule has 0 unspecified atom stereocenters. The van der Waals surface area contributed by atoms with Crippen LogP contribution in [0.15, 0.2) is 65.8 Å². The Labute approximate surface area is 162 Å². The van der Waals surface area contributed by atoms with E-state index in [4.69, 9.17) is 4.99 Å². The van der Waals surface area contributed by atoms with Crippen LogP contribution in [-0.4, -0.2) is 48.4 Å². The fourth-order valence-corrected chi connectivity index (χ4v) is 5.46. The van der Waals surface area contributed by atoms with E-state index < -0.39 is 0 Å². The highest BCUT2D eigenvalue weighted by Crippen LogP contribution is 2.67. The molecular weight excluding hydrogens is 330 g/mol. The van der Waals surface area contributed by atoms with Gasteiger partial charge in [-0.2, -0.15) is 0 Å². The summed E-state index contributed by atoms with van der Waals surface area (Å²) in [4.78, 5) is 10.2. The third kappa shape index (κ3) is 2.19. The molecule has 0 atom stereocenters. The third-order valence-corrected chi connectivity index (χ3v) is 6.87. The van der Waals surface area contributed by atoms with Crippen molar-refractivity contribution in [2.24, 2.45) is 10.4 Å². The first-order valence-corrected chi connectivity index (χ1v) is 9.93. The second-order valence-corrected chi connectivity index (χ2v) is 8.35. The summed E-state index contributed by atoms with van der Waals surface area (Å²) in [6.45, 7) is 4.29. The van der Waals surface area contributed by atoms with E-state index >= 15 is 0 Å². The number of hydrogen-bond donors (Lipinski definition) is 0. The van der Waals surface area contributed by atoms with Crippen LogP contribution in [0.2, 0.25) is 0 Å². The average Bonchev–Trinajstić information content (AvgIpc) is 3.42. The minimum Gasteiger partial charge on any atom is -0.281 e. The quantitative estimate of drug-likeness (QED) is 0.802. The molecule has 0 N–H and O–H groups in total. The van der Waals surface area contributed by atoms with E-state index in [1.807, 2.05) is 0 Å². The van der Waals surface area contributed by atoms with Crippen molar-refractivity contribution in [2.45, 2.75) is 25.4 Å². The number of hydrogen-bond acceptors (Lipinski definition) is 3. The SMILES string of the molecule is Cc1ccc(C2=NC=C(c3ccccc3)C3(CC3)C23N(C)CCN3C)cc1. The van der Waals surface area contributed by atoms with E-state index in [1.165, 1.54) is 40.8 Å². The van der Waals surface area contributed by atoms with Gasteiger partial charge in [-0.25, -0.2) is 0 Å². The van der Waals surface area contributed by atoms with Gasteiger partial charge < -0.3 is 0 Å². The molecule has 5 rings (SSSR count). The van der Waals surface area contributed by atoms with Crippen LogP contribution in [0.4, 0.5) is 0 Å². The maximum absolute atomic E-state index is 5.13. The molecule has 2 aromatic rings. The highest BCUT2D eigenvalue weighted by atomic mass is 15.5. The van der Waals surface area contributed by atoms with Crippen molar-refractivity contribution in [2.75, 3.05) is 27.2 Å². The Kier molecular flexibility index (Phi) is 3.68. The first-order valence-electron chi connectivity index (χ1n) is 9.93. The van der Waals surface area contributed by atoms with Crippen LogP contribution < -0.4 is 0 Å². The van der Waals surface area contributed by atoms with E-state index in [1.54, 1.807) is 0 Å². The van der Waals surface area contributed by atoms with E-state index in [0.717, 1.165) is 13.1 Å². The summed E-state index contributed by atoms with van der Waals surface area (Å²) in [5.41, 5.74) is 6.42. The average molecular weight is 358 g/mol. The van der Waals surface area contributed by atoms with Crippen molar-refractivity contribution < 1.29 is 0 Å². The summed E-state index contributed by atoms with van der Waals surface area (Å²) in [7, 11) is 4.56. The molecule has 3 nitrogen and oxygen atoms in total. The summed E-state index contributed by atoms with van der Waals surface area (Å²) in [6, 6.07) is 19.7. The lowest BCUT2D eigenvalue weighted by Crippen LogP contribution is -2.64. The lowest BCUT2D eigenvalue weighted by molar-refractivity contribution is 0.0675. The number of fused-ring (bicyclic) bond motifs is 1. The highest BCUT2D eigenvalue weighted by molar-refractivity contribution is 6.11. The predicted molar refractivity (Wildman–Crippen MR) is 112 cm³/mol. The number of benzene rings is 2. The van der Waals surface area contributed by atoms with E-state index in [0.29, 0.717) is 0 Å². The Morgan fingerprint density at radius 2 is 1.44 bits per heavy atom. The predicted octanol–water partition coefficient (Wildman–Crippen LogP) is 4.19. The topological polar surface area (TPSA) is 18.8 Å². The monoisotopic (exact) mass is 357 g/mol. The Morgan fingerprint density at radius 3 is 2.04 bits per heavy atom. The number of likely N-dealkylation sites (N-methyl/N-ethyl adjacent to an activating group) is 2. The number of aliphatic imine (C=N–C) groups is 1. The minimum atomic E-state index is -0.165. The van der Waals surface area contributed by atoms with Gasteiger partial charge in [0, 0.05) is 24.7 Å². The highest BCUT2D eigenvalue weighted by Gasteiger charge is 2.70. The summed E-state index contributed by atoms with van der Waals surface area (Å²) in [5.74, 6) is 0. The maximum Gasteiger partial charge on any atom is 0.128 e. The van der Waals surface area contributed by atoms with E-state index in [9.17, 15) is 0 Å². The van der Waals surface area contributed by atoms with Crippen LogP contribution >= 0.6 is 0 Å². The molecule has 2 heterocycles. The lowest BCUT2D eigenvalue weighted by Gasteiger charge is -2.51. The molecule has 1 aliphatic carbocycles. The van der Waals surface area contributed by atoms with Crippen molar-refractivity contribution in [3.8, 4) is 0 Å². The Hall–Kier alpha value is -2.23. The van der Waals surface area contributed by atoms with Gasteiger partial charge in [-0.05, 0) is 50.6 Å². The molecule has 1 saturated heterocycles. The van der Waals surface area contributed by atoms with Gasteiger partial charge in [0.2, 0.25) is 0 Å². The minimum absolute atomic E-state index is 0.121. The summed E-state index contributed by atoms with van der Waals surface area (Å²) in [6.07, 6.45) is 4.59. The molecule has 1 saturated carbocycles. The first-order chi connectivity index (χ1) is 13.1. The Morgan fingerprint density at radius 1 is 0.815 bits per heavy atom. The van der Waals surface area contributed by atoms with Gasteiger partial charge in [-0.3, -0.25) is 14.8 Å². The fourth-order valence-electron chi connectivity index (χ4n) is 5.46.